The maximum atomic E-state index is 9.44. The first-order chi connectivity index (χ1) is 8.19. The van der Waals surface area contributed by atoms with Crippen LogP contribution in [0.1, 0.15) is 24.2 Å². The molecule has 0 amide bonds. The Morgan fingerprint density at radius 2 is 1.94 bits per heavy atom. The van der Waals surface area contributed by atoms with Gasteiger partial charge in [-0.05, 0) is 36.2 Å². The van der Waals surface area contributed by atoms with E-state index >= 15 is 0 Å². The third-order valence-electron chi connectivity index (χ3n) is 2.78. The predicted octanol–water partition coefficient (Wildman–Crippen LogP) is 2.60. The van der Waals surface area contributed by atoms with Crippen LogP contribution in [0, 0.1) is 0 Å². The van der Waals surface area contributed by atoms with Crippen LogP contribution in [0.15, 0.2) is 42.7 Å². The third kappa shape index (κ3) is 2.88. The molecule has 3 heteroatoms. The van der Waals surface area contributed by atoms with Gasteiger partial charge in [0.1, 0.15) is 5.75 Å². The van der Waals surface area contributed by atoms with Crippen molar-refractivity contribution in [1.29, 1.82) is 0 Å². The molecule has 90 valence electrons. The maximum Gasteiger partial charge on any atom is 0.118 e. The van der Waals surface area contributed by atoms with Crippen LogP contribution < -0.4 is 4.74 Å². The molecule has 0 aliphatic heterocycles. The minimum Gasteiger partial charge on any atom is -0.497 e. The van der Waals surface area contributed by atoms with Gasteiger partial charge in [-0.1, -0.05) is 12.1 Å². The summed E-state index contributed by atoms with van der Waals surface area (Å²) in [6.45, 7) is 2.57. The molecule has 1 aromatic heterocycles. The van der Waals surface area contributed by atoms with E-state index in [1.807, 2.05) is 42.7 Å². The van der Waals surface area contributed by atoms with Gasteiger partial charge < -0.3 is 14.4 Å². The topological polar surface area (TPSA) is 34.4 Å². The zero-order valence-electron chi connectivity index (χ0n) is 10.1. The number of benzene rings is 1. The van der Waals surface area contributed by atoms with Gasteiger partial charge in [-0.3, -0.25) is 0 Å². The highest BCUT2D eigenvalue weighted by Gasteiger charge is 2.03. The molecule has 2 rings (SSSR count). The molecule has 0 radical (unpaired) electrons. The van der Waals surface area contributed by atoms with Crippen LogP contribution in [0.5, 0.6) is 5.75 Å². The molecular formula is C14H17NO2. The molecule has 1 atom stereocenters. The number of ether oxygens (including phenoxy) is 1. The van der Waals surface area contributed by atoms with E-state index < -0.39 is 6.10 Å². The molecule has 1 N–H and O–H groups in total. The van der Waals surface area contributed by atoms with Gasteiger partial charge in [0.2, 0.25) is 0 Å². The molecule has 1 heterocycles. The van der Waals surface area contributed by atoms with Crippen molar-refractivity contribution in [3.8, 4) is 5.75 Å². The molecule has 1 aromatic carbocycles. The summed E-state index contributed by atoms with van der Waals surface area (Å²) < 4.78 is 7.17. The molecule has 0 saturated carbocycles. The lowest BCUT2D eigenvalue weighted by atomic mass is 10.2. The molecule has 1 unspecified atom stereocenters. The van der Waals surface area contributed by atoms with Crippen molar-refractivity contribution in [2.45, 2.75) is 19.6 Å². The Labute approximate surface area is 101 Å². The van der Waals surface area contributed by atoms with Crippen molar-refractivity contribution in [2.75, 3.05) is 7.11 Å². The lowest BCUT2D eigenvalue weighted by Gasteiger charge is -2.05. The second-order valence-electron chi connectivity index (χ2n) is 4.14. The van der Waals surface area contributed by atoms with Gasteiger partial charge in [-0.25, -0.2) is 0 Å². The van der Waals surface area contributed by atoms with Crippen molar-refractivity contribution < 1.29 is 9.84 Å². The first-order valence-corrected chi connectivity index (χ1v) is 5.65. The second kappa shape index (κ2) is 5.06. The largest absolute Gasteiger partial charge is 0.497 e. The van der Waals surface area contributed by atoms with Crippen molar-refractivity contribution in [1.82, 2.24) is 4.57 Å². The average molecular weight is 231 g/mol. The maximum absolute atomic E-state index is 9.44. The number of methoxy groups -OCH3 is 1. The molecule has 0 saturated heterocycles. The van der Waals surface area contributed by atoms with Crippen molar-refractivity contribution in [2.24, 2.45) is 0 Å². The van der Waals surface area contributed by atoms with Gasteiger partial charge in [0.15, 0.2) is 0 Å². The number of hydrogen-bond donors (Lipinski definition) is 1. The molecule has 17 heavy (non-hydrogen) atoms. The van der Waals surface area contributed by atoms with E-state index in [2.05, 4.69) is 4.57 Å². The molecule has 0 aliphatic carbocycles. The summed E-state index contributed by atoms with van der Waals surface area (Å²) in [5.74, 6) is 0.867. The predicted molar refractivity (Wildman–Crippen MR) is 67.2 cm³/mol. The number of aliphatic hydroxyl groups excluding tert-OH is 1. The Balaban J connectivity index is 2.08. The molecule has 0 fully saturated rings. The van der Waals surface area contributed by atoms with Gasteiger partial charge >= 0.3 is 0 Å². The van der Waals surface area contributed by atoms with Crippen LogP contribution in [-0.2, 0) is 6.54 Å². The minimum atomic E-state index is -0.410. The SMILES string of the molecule is COc1ccc(Cn2ccc(C(C)O)c2)cc1. The Bertz CT molecular complexity index is 471. The van der Waals surface area contributed by atoms with E-state index in [0.717, 1.165) is 17.9 Å². The Hall–Kier alpha value is -1.74. The van der Waals surface area contributed by atoms with Crippen LogP contribution >= 0.6 is 0 Å². The molecule has 3 nitrogen and oxygen atoms in total. The monoisotopic (exact) mass is 231 g/mol. The Morgan fingerprint density at radius 1 is 1.24 bits per heavy atom. The Morgan fingerprint density at radius 3 is 2.47 bits per heavy atom. The molecular weight excluding hydrogens is 214 g/mol. The number of nitrogens with zero attached hydrogens (tertiary/aromatic N) is 1. The van der Waals surface area contributed by atoms with E-state index in [9.17, 15) is 5.11 Å². The third-order valence-corrected chi connectivity index (χ3v) is 2.78. The van der Waals surface area contributed by atoms with Crippen molar-refractivity contribution in [3.05, 3.63) is 53.9 Å². The van der Waals surface area contributed by atoms with Crippen molar-refractivity contribution >= 4 is 0 Å². The summed E-state index contributed by atoms with van der Waals surface area (Å²) in [6.07, 6.45) is 3.54. The van der Waals surface area contributed by atoms with E-state index in [0.29, 0.717) is 0 Å². The lowest BCUT2D eigenvalue weighted by Crippen LogP contribution is -1.97. The van der Waals surface area contributed by atoms with Gasteiger partial charge in [0.25, 0.3) is 0 Å². The quantitative estimate of drug-likeness (QED) is 0.877. The van der Waals surface area contributed by atoms with E-state index in [1.165, 1.54) is 5.56 Å². The fraction of sp³-hybridized carbons (Fsp3) is 0.286. The summed E-state index contributed by atoms with van der Waals surface area (Å²) in [4.78, 5) is 0. The molecule has 2 aromatic rings. The van der Waals surface area contributed by atoms with Gasteiger partial charge in [0.05, 0.1) is 13.2 Å². The second-order valence-corrected chi connectivity index (χ2v) is 4.14. The molecule has 0 spiro atoms. The average Bonchev–Trinajstić information content (AvgIpc) is 2.79. The zero-order chi connectivity index (χ0) is 12.3. The summed E-state index contributed by atoms with van der Waals surface area (Å²) in [5.41, 5.74) is 2.15. The number of aromatic nitrogens is 1. The van der Waals surface area contributed by atoms with Crippen LogP contribution in [0.4, 0.5) is 0 Å². The van der Waals surface area contributed by atoms with E-state index in [-0.39, 0.29) is 0 Å². The number of hydrogen-bond acceptors (Lipinski definition) is 2. The van der Waals surface area contributed by atoms with Crippen LogP contribution in [0.3, 0.4) is 0 Å². The summed E-state index contributed by atoms with van der Waals surface area (Å²) >= 11 is 0. The van der Waals surface area contributed by atoms with E-state index in [1.54, 1.807) is 14.0 Å². The highest BCUT2D eigenvalue weighted by molar-refractivity contribution is 5.27. The normalized spacial score (nSPS) is 12.4. The van der Waals surface area contributed by atoms with Gasteiger partial charge in [-0.2, -0.15) is 0 Å². The van der Waals surface area contributed by atoms with E-state index in [4.69, 9.17) is 4.74 Å². The zero-order valence-corrected chi connectivity index (χ0v) is 10.1. The van der Waals surface area contributed by atoms with Crippen molar-refractivity contribution in [3.63, 3.8) is 0 Å². The van der Waals surface area contributed by atoms with Crippen LogP contribution in [0.2, 0.25) is 0 Å². The van der Waals surface area contributed by atoms with Crippen LogP contribution in [0.25, 0.3) is 0 Å². The highest BCUT2D eigenvalue weighted by Crippen LogP contribution is 2.15. The summed E-state index contributed by atoms with van der Waals surface area (Å²) in [6, 6.07) is 9.93. The highest BCUT2D eigenvalue weighted by atomic mass is 16.5. The molecule has 0 bridgehead atoms. The standard InChI is InChI=1S/C14H17NO2/c1-11(16)13-7-8-15(10-13)9-12-3-5-14(17-2)6-4-12/h3-8,10-11,16H,9H2,1-2H3. The first kappa shape index (κ1) is 11.7. The minimum absolute atomic E-state index is 0.410. The number of rotatable bonds is 4. The Kier molecular flexibility index (Phi) is 3.49. The fourth-order valence-corrected chi connectivity index (χ4v) is 1.75. The smallest absolute Gasteiger partial charge is 0.118 e. The van der Waals surface area contributed by atoms with Gasteiger partial charge in [0, 0.05) is 18.9 Å². The molecule has 0 aliphatic rings. The first-order valence-electron chi connectivity index (χ1n) is 5.65. The number of aliphatic hydroxyl groups is 1. The fourth-order valence-electron chi connectivity index (χ4n) is 1.75. The van der Waals surface area contributed by atoms with Crippen LogP contribution in [-0.4, -0.2) is 16.8 Å². The summed E-state index contributed by atoms with van der Waals surface area (Å²) in [5, 5.41) is 9.44. The summed E-state index contributed by atoms with van der Waals surface area (Å²) in [7, 11) is 1.66. The van der Waals surface area contributed by atoms with Gasteiger partial charge in [-0.15, -0.1) is 0 Å². The lowest BCUT2D eigenvalue weighted by molar-refractivity contribution is 0.199.